The quantitative estimate of drug-likeness (QED) is 0.407. The van der Waals surface area contributed by atoms with Gasteiger partial charge < -0.3 is 13.9 Å². The number of likely N-dealkylation sites (tertiary alicyclic amines) is 1. The molecule has 2 aromatic heterocycles. The fraction of sp³-hybridized carbons (Fsp3) is 0.308. The van der Waals surface area contributed by atoms with Crippen LogP contribution in [0.2, 0.25) is 5.02 Å². The van der Waals surface area contributed by atoms with Crippen LogP contribution in [-0.2, 0) is 6.54 Å². The van der Waals surface area contributed by atoms with Crippen LogP contribution in [0, 0.1) is 11.8 Å². The van der Waals surface area contributed by atoms with Gasteiger partial charge in [-0.25, -0.2) is 9.59 Å². The molecule has 4 aromatic rings. The number of benzene rings is 2. The molecule has 0 aliphatic carbocycles. The zero-order chi connectivity index (χ0) is 23.3. The molecule has 0 radical (unpaired) electrons. The topological polar surface area (TPSA) is 83.9 Å². The third kappa shape index (κ3) is 4.16. The highest BCUT2D eigenvalue weighted by atomic mass is 35.5. The third-order valence-electron chi connectivity index (χ3n) is 6.30. The molecule has 0 saturated carbocycles. The van der Waals surface area contributed by atoms with E-state index in [9.17, 15) is 14.7 Å². The molecular formula is C26H24ClNO5. The molecule has 5 rings (SSSR count). The Labute approximate surface area is 195 Å². The Kier molecular flexibility index (Phi) is 5.51. The number of hydrogen-bond donors (Lipinski definition) is 1. The highest BCUT2D eigenvalue weighted by Crippen LogP contribution is 2.35. The molecule has 2 aromatic carbocycles. The second-order valence-electron chi connectivity index (χ2n) is 9.19. The normalized spacial score (nSPS) is 19.4. The second-order valence-corrected chi connectivity index (χ2v) is 9.63. The van der Waals surface area contributed by atoms with E-state index in [4.69, 9.17) is 20.4 Å². The van der Waals surface area contributed by atoms with Crippen molar-refractivity contribution < 1.29 is 13.9 Å². The van der Waals surface area contributed by atoms with Gasteiger partial charge in [0.15, 0.2) is 0 Å². The van der Waals surface area contributed by atoms with Crippen LogP contribution in [0.25, 0.3) is 33.1 Å². The van der Waals surface area contributed by atoms with Gasteiger partial charge in [0.1, 0.15) is 16.9 Å². The van der Waals surface area contributed by atoms with E-state index in [1.54, 1.807) is 36.4 Å². The van der Waals surface area contributed by atoms with Gasteiger partial charge in [-0.15, -0.1) is 0 Å². The minimum atomic E-state index is -0.602. The van der Waals surface area contributed by atoms with Crippen LogP contribution in [0.5, 0.6) is 5.75 Å². The molecule has 1 saturated heterocycles. The summed E-state index contributed by atoms with van der Waals surface area (Å²) in [4.78, 5) is 27.6. The minimum Gasteiger partial charge on any atom is -0.507 e. The molecule has 6 nitrogen and oxygen atoms in total. The monoisotopic (exact) mass is 465 g/mol. The van der Waals surface area contributed by atoms with E-state index < -0.39 is 11.3 Å². The molecule has 7 heteroatoms. The molecule has 0 unspecified atom stereocenters. The lowest BCUT2D eigenvalue weighted by atomic mass is 9.91. The van der Waals surface area contributed by atoms with Crippen molar-refractivity contribution in [1.82, 2.24) is 4.90 Å². The maximum Gasteiger partial charge on any atom is 0.344 e. The van der Waals surface area contributed by atoms with Crippen LogP contribution in [0.4, 0.5) is 0 Å². The predicted octanol–water partition coefficient (Wildman–Crippen LogP) is 5.40. The SMILES string of the molecule is C[C@@H]1C[C@@H](C)CN(Cc2c(O)ccc3c(-c4cc5cc(Cl)ccc5oc4=O)cc(=O)oc23)C1. The van der Waals surface area contributed by atoms with Crippen molar-refractivity contribution in [3.8, 4) is 16.9 Å². The zero-order valence-corrected chi connectivity index (χ0v) is 19.2. The first-order valence-electron chi connectivity index (χ1n) is 11.0. The van der Waals surface area contributed by atoms with Crippen LogP contribution in [0.15, 0.2) is 60.9 Å². The van der Waals surface area contributed by atoms with Crippen molar-refractivity contribution in [2.24, 2.45) is 11.8 Å². The van der Waals surface area contributed by atoms with Gasteiger partial charge in [0.25, 0.3) is 0 Å². The fourth-order valence-electron chi connectivity index (χ4n) is 5.07. The Bertz CT molecular complexity index is 1480. The summed E-state index contributed by atoms with van der Waals surface area (Å²) in [6, 6.07) is 11.2. The summed E-state index contributed by atoms with van der Waals surface area (Å²) in [6.07, 6.45) is 1.17. The fourth-order valence-corrected chi connectivity index (χ4v) is 5.25. The predicted molar refractivity (Wildman–Crippen MR) is 129 cm³/mol. The highest BCUT2D eigenvalue weighted by Gasteiger charge is 2.25. The van der Waals surface area contributed by atoms with E-state index in [0.29, 0.717) is 50.9 Å². The summed E-state index contributed by atoms with van der Waals surface area (Å²) in [5.74, 6) is 1.15. The van der Waals surface area contributed by atoms with Crippen LogP contribution in [-0.4, -0.2) is 23.1 Å². The van der Waals surface area contributed by atoms with Gasteiger partial charge in [-0.2, -0.15) is 0 Å². The Morgan fingerprint density at radius 3 is 2.52 bits per heavy atom. The van der Waals surface area contributed by atoms with Crippen LogP contribution in [0.1, 0.15) is 25.8 Å². The number of fused-ring (bicyclic) bond motifs is 2. The first kappa shape index (κ1) is 21.7. The van der Waals surface area contributed by atoms with Crippen molar-refractivity contribution in [2.45, 2.75) is 26.8 Å². The molecule has 0 spiro atoms. The van der Waals surface area contributed by atoms with Crippen molar-refractivity contribution in [3.63, 3.8) is 0 Å². The molecule has 2 atom stereocenters. The zero-order valence-electron chi connectivity index (χ0n) is 18.4. The Morgan fingerprint density at radius 2 is 1.76 bits per heavy atom. The Balaban J connectivity index is 1.68. The van der Waals surface area contributed by atoms with Gasteiger partial charge in [0.05, 0.1) is 11.1 Å². The van der Waals surface area contributed by atoms with Crippen molar-refractivity contribution >= 4 is 33.5 Å². The Morgan fingerprint density at radius 1 is 1.00 bits per heavy atom. The van der Waals surface area contributed by atoms with Crippen molar-refractivity contribution in [1.29, 1.82) is 0 Å². The summed E-state index contributed by atoms with van der Waals surface area (Å²) in [5, 5.41) is 12.4. The molecule has 33 heavy (non-hydrogen) atoms. The first-order chi connectivity index (χ1) is 15.8. The van der Waals surface area contributed by atoms with E-state index in [1.165, 1.54) is 12.5 Å². The number of hydrogen-bond acceptors (Lipinski definition) is 6. The summed E-state index contributed by atoms with van der Waals surface area (Å²) < 4.78 is 11.1. The lowest BCUT2D eigenvalue weighted by Crippen LogP contribution is -2.38. The number of nitrogens with zero attached hydrogens (tertiary/aromatic N) is 1. The van der Waals surface area contributed by atoms with Gasteiger partial charge in [-0.1, -0.05) is 25.4 Å². The number of aromatic hydroxyl groups is 1. The maximum absolute atomic E-state index is 12.8. The summed E-state index contributed by atoms with van der Waals surface area (Å²) in [5.41, 5.74) is 0.709. The highest BCUT2D eigenvalue weighted by molar-refractivity contribution is 6.31. The lowest BCUT2D eigenvalue weighted by Gasteiger charge is -2.35. The van der Waals surface area contributed by atoms with Crippen LogP contribution < -0.4 is 11.3 Å². The molecule has 0 amide bonds. The van der Waals surface area contributed by atoms with Crippen molar-refractivity contribution in [3.05, 3.63) is 73.9 Å². The van der Waals surface area contributed by atoms with E-state index in [2.05, 4.69) is 18.7 Å². The number of piperidine rings is 1. The summed E-state index contributed by atoms with van der Waals surface area (Å²) >= 11 is 6.11. The smallest absolute Gasteiger partial charge is 0.344 e. The second kappa shape index (κ2) is 8.36. The lowest BCUT2D eigenvalue weighted by molar-refractivity contribution is 0.133. The first-order valence-corrected chi connectivity index (χ1v) is 11.4. The molecule has 0 bridgehead atoms. The molecule has 3 heterocycles. The standard InChI is InChI=1S/C26H24ClNO5/c1-14-7-15(2)12-28(11-14)13-21-22(29)5-4-18-19(10-24(30)33-25(18)21)20-9-16-8-17(27)3-6-23(16)32-26(20)31/h3-6,8-10,14-15,29H,7,11-13H2,1-2H3/t14-,15-/m1/s1. The van der Waals surface area contributed by atoms with Gasteiger partial charge in [0, 0.05) is 47.1 Å². The molecule has 1 aliphatic rings. The minimum absolute atomic E-state index is 0.0611. The van der Waals surface area contributed by atoms with Crippen LogP contribution in [0.3, 0.4) is 0 Å². The number of phenolic OH excluding ortho intramolecular Hbond substituents is 1. The molecule has 1 aliphatic heterocycles. The summed E-state index contributed by atoms with van der Waals surface area (Å²) in [6.45, 7) is 6.69. The molecule has 1 N–H and O–H groups in total. The third-order valence-corrected chi connectivity index (χ3v) is 6.54. The number of rotatable bonds is 3. The largest absolute Gasteiger partial charge is 0.507 e. The van der Waals surface area contributed by atoms with Gasteiger partial charge in [-0.05, 0) is 54.7 Å². The Hall–Kier alpha value is -3.09. The van der Waals surface area contributed by atoms with Gasteiger partial charge >= 0.3 is 11.3 Å². The van der Waals surface area contributed by atoms with E-state index >= 15 is 0 Å². The average molecular weight is 466 g/mol. The number of phenols is 1. The van der Waals surface area contributed by atoms with Crippen LogP contribution >= 0.6 is 11.6 Å². The number of halogens is 1. The van der Waals surface area contributed by atoms with Gasteiger partial charge in [-0.3, -0.25) is 4.90 Å². The summed E-state index contributed by atoms with van der Waals surface area (Å²) in [7, 11) is 0. The van der Waals surface area contributed by atoms with Gasteiger partial charge in [0.2, 0.25) is 0 Å². The van der Waals surface area contributed by atoms with E-state index in [-0.39, 0.29) is 16.9 Å². The average Bonchev–Trinajstić information content (AvgIpc) is 2.74. The van der Waals surface area contributed by atoms with E-state index in [1.807, 2.05) is 0 Å². The van der Waals surface area contributed by atoms with E-state index in [0.717, 1.165) is 13.1 Å². The van der Waals surface area contributed by atoms with Crippen molar-refractivity contribution in [2.75, 3.05) is 13.1 Å². The molecular weight excluding hydrogens is 442 g/mol. The molecule has 1 fully saturated rings. The molecule has 170 valence electrons. The maximum atomic E-state index is 12.8.